The summed E-state index contributed by atoms with van der Waals surface area (Å²) in [4.78, 5) is 14.6. The van der Waals surface area contributed by atoms with Crippen molar-refractivity contribution in [2.75, 3.05) is 14.2 Å². The van der Waals surface area contributed by atoms with Crippen molar-refractivity contribution in [3.8, 4) is 11.5 Å². The number of benzene rings is 2. The molecule has 1 aliphatic heterocycles. The zero-order valence-corrected chi connectivity index (χ0v) is 17.7. The van der Waals surface area contributed by atoms with Crippen LogP contribution < -0.4 is 9.47 Å². The highest BCUT2D eigenvalue weighted by Crippen LogP contribution is 2.32. The second-order valence-electron chi connectivity index (χ2n) is 6.55. The van der Waals surface area contributed by atoms with Gasteiger partial charge in [-0.2, -0.15) is 5.10 Å². The Labute approximate surface area is 175 Å². The summed E-state index contributed by atoms with van der Waals surface area (Å²) in [6, 6.07) is 15.5. The van der Waals surface area contributed by atoms with Gasteiger partial charge in [0.15, 0.2) is 16.7 Å². The molecule has 2 aromatic rings. The summed E-state index contributed by atoms with van der Waals surface area (Å²) in [5.74, 6) is 1.38. The number of carbonyl (C=O) groups is 1. The molecule has 0 saturated carbocycles. The molecular formula is C22H25N3O3S. The maximum absolute atomic E-state index is 12.8. The van der Waals surface area contributed by atoms with E-state index in [1.807, 2.05) is 48.5 Å². The lowest BCUT2D eigenvalue weighted by Crippen LogP contribution is -2.31. The number of ether oxygens (including phenoxy) is 2. The van der Waals surface area contributed by atoms with Gasteiger partial charge in [0.2, 0.25) is 5.91 Å². The molecule has 1 aliphatic rings. The number of nitrogens with zero attached hydrogens (tertiary/aromatic N) is 3. The van der Waals surface area contributed by atoms with Crippen LogP contribution in [0.1, 0.15) is 30.9 Å². The molecule has 2 aromatic carbocycles. The molecule has 1 heterocycles. The highest BCUT2D eigenvalue weighted by molar-refractivity contribution is 8.15. The monoisotopic (exact) mass is 411 g/mol. The average molecular weight is 412 g/mol. The Kier molecular flexibility index (Phi) is 7.30. The van der Waals surface area contributed by atoms with Crippen LogP contribution in [0.2, 0.25) is 0 Å². The van der Waals surface area contributed by atoms with Crippen LogP contribution in [-0.4, -0.2) is 41.7 Å². The minimum absolute atomic E-state index is 0.0979. The molecule has 1 saturated heterocycles. The number of thioether (sulfide) groups is 1. The van der Waals surface area contributed by atoms with E-state index in [2.05, 4.69) is 17.1 Å². The van der Waals surface area contributed by atoms with Crippen LogP contribution in [0.3, 0.4) is 0 Å². The van der Waals surface area contributed by atoms with Crippen LogP contribution in [-0.2, 0) is 11.3 Å². The molecule has 0 aliphatic carbocycles. The maximum Gasteiger partial charge on any atom is 0.242 e. The molecule has 1 amide bonds. The highest BCUT2D eigenvalue weighted by Gasteiger charge is 2.37. The summed E-state index contributed by atoms with van der Waals surface area (Å²) >= 11 is 1.49. The van der Waals surface area contributed by atoms with Gasteiger partial charge in [-0.3, -0.25) is 9.69 Å². The van der Waals surface area contributed by atoms with Crippen LogP contribution in [0.15, 0.2) is 58.7 Å². The van der Waals surface area contributed by atoms with Gasteiger partial charge >= 0.3 is 0 Å². The van der Waals surface area contributed by atoms with Crippen molar-refractivity contribution in [3.63, 3.8) is 0 Å². The van der Waals surface area contributed by atoms with Crippen molar-refractivity contribution in [1.82, 2.24) is 4.90 Å². The number of hydrogen-bond acceptors (Lipinski definition) is 6. The Morgan fingerprint density at radius 2 is 1.86 bits per heavy atom. The van der Waals surface area contributed by atoms with E-state index in [4.69, 9.17) is 9.47 Å². The van der Waals surface area contributed by atoms with E-state index in [1.54, 1.807) is 25.3 Å². The van der Waals surface area contributed by atoms with Crippen molar-refractivity contribution in [3.05, 3.63) is 59.7 Å². The van der Waals surface area contributed by atoms with Crippen molar-refractivity contribution in [2.24, 2.45) is 10.2 Å². The summed E-state index contributed by atoms with van der Waals surface area (Å²) in [6.07, 6.45) is 3.42. The SMILES string of the molecule is CCCC1SC(=NN=Cc2ccc(OC)c(OC)c2)N(Cc2ccccc2)C1=O. The molecule has 6 nitrogen and oxygen atoms in total. The molecule has 29 heavy (non-hydrogen) atoms. The van der Waals surface area contributed by atoms with Gasteiger partial charge in [-0.15, -0.1) is 5.10 Å². The minimum atomic E-state index is -0.0984. The van der Waals surface area contributed by atoms with Gasteiger partial charge in [0.1, 0.15) is 0 Å². The van der Waals surface area contributed by atoms with Gasteiger partial charge in [-0.25, -0.2) is 0 Å². The molecule has 1 fully saturated rings. The van der Waals surface area contributed by atoms with E-state index in [0.29, 0.717) is 23.2 Å². The van der Waals surface area contributed by atoms with E-state index < -0.39 is 0 Å². The highest BCUT2D eigenvalue weighted by atomic mass is 32.2. The third kappa shape index (κ3) is 5.17. The molecule has 0 aromatic heterocycles. The fourth-order valence-electron chi connectivity index (χ4n) is 3.02. The second kappa shape index (κ2) is 10.1. The summed E-state index contributed by atoms with van der Waals surface area (Å²) in [7, 11) is 3.19. The number of amidine groups is 1. The van der Waals surface area contributed by atoms with E-state index in [0.717, 1.165) is 24.0 Å². The summed E-state index contributed by atoms with van der Waals surface area (Å²) < 4.78 is 10.6. The molecule has 0 spiro atoms. The lowest BCUT2D eigenvalue weighted by Gasteiger charge is -2.15. The first-order valence-electron chi connectivity index (χ1n) is 9.51. The lowest BCUT2D eigenvalue weighted by atomic mass is 10.2. The number of methoxy groups -OCH3 is 2. The quantitative estimate of drug-likeness (QED) is 0.479. The third-order valence-electron chi connectivity index (χ3n) is 4.51. The topological polar surface area (TPSA) is 63.5 Å². The van der Waals surface area contributed by atoms with Gasteiger partial charge in [0, 0.05) is 0 Å². The van der Waals surface area contributed by atoms with Gasteiger partial charge in [-0.1, -0.05) is 55.4 Å². The largest absolute Gasteiger partial charge is 0.493 e. The maximum atomic E-state index is 12.8. The van der Waals surface area contributed by atoms with E-state index in [-0.39, 0.29) is 11.2 Å². The molecule has 0 radical (unpaired) electrons. The molecule has 152 valence electrons. The summed E-state index contributed by atoms with van der Waals surface area (Å²) in [5, 5.41) is 9.12. The normalized spacial score (nSPS) is 18.0. The van der Waals surface area contributed by atoms with Crippen LogP contribution in [0.25, 0.3) is 0 Å². The van der Waals surface area contributed by atoms with Crippen LogP contribution in [0.5, 0.6) is 11.5 Å². The van der Waals surface area contributed by atoms with E-state index in [1.165, 1.54) is 11.8 Å². The van der Waals surface area contributed by atoms with Gasteiger partial charge in [0.25, 0.3) is 0 Å². The molecule has 7 heteroatoms. The van der Waals surface area contributed by atoms with Crippen molar-refractivity contribution < 1.29 is 14.3 Å². The first-order chi connectivity index (χ1) is 14.2. The Morgan fingerprint density at radius 1 is 1.10 bits per heavy atom. The van der Waals surface area contributed by atoms with Crippen molar-refractivity contribution in [2.45, 2.75) is 31.6 Å². The predicted octanol–water partition coefficient (Wildman–Crippen LogP) is 4.34. The third-order valence-corrected chi connectivity index (χ3v) is 5.75. The van der Waals surface area contributed by atoms with E-state index in [9.17, 15) is 4.79 Å². The zero-order chi connectivity index (χ0) is 20.6. The molecular weight excluding hydrogens is 386 g/mol. The lowest BCUT2D eigenvalue weighted by molar-refractivity contribution is -0.126. The number of amides is 1. The van der Waals surface area contributed by atoms with Crippen molar-refractivity contribution in [1.29, 1.82) is 0 Å². The molecule has 1 atom stereocenters. The smallest absolute Gasteiger partial charge is 0.242 e. The molecule has 1 unspecified atom stereocenters. The number of carbonyl (C=O) groups excluding carboxylic acids is 1. The zero-order valence-electron chi connectivity index (χ0n) is 16.9. The van der Waals surface area contributed by atoms with Gasteiger partial charge < -0.3 is 9.47 Å². The first-order valence-corrected chi connectivity index (χ1v) is 10.4. The minimum Gasteiger partial charge on any atom is -0.493 e. The standard InChI is InChI=1S/C22H25N3O3S/c1-4-8-20-21(26)25(15-16-9-6-5-7-10-16)22(29-20)24-23-14-17-11-12-18(27-2)19(13-17)28-3/h5-7,9-14,20H,4,8,15H2,1-3H3. The van der Waals surface area contributed by atoms with Crippen LogP contribution in [0, 0.1) is 0 Å². The first kappa shape index (κ1) is 20.9. The number of rotatable bonds is 8. The fraction of sp³-hybridized carbons (Fsp3) is 0.318. The Bertz CT molecular complexity index is 899. The van der Waals surface area contributed by atoms with Gasteiger partial charge in [-0.05, 0) is 35.7 Å². The van der Waals surface area contributed by atoms with Gasteiger partial charge in [0.05, 0.1) is 32.2 Å². The Morgan fingerprint density at radius 3 is 2.55 bits per heavy atom. The molecule has 3 rings (SSSR count). The Hall–Kier alpha value is -2.80. The Balaban J connectivity index is 1.80. The molecule has 0 bridgehead atoms. The summed E-state index contributed by atoms with van der Waals surface area (Å²) in [5.41, 5.74) is 1.90. The fourth-order valence-corrected chi connectivity index (χ4v) is 4.23. The summed E-state index contributed by atoms with van der Waals surface area (Å²) in [6.45, 7) is 2.58. The van der Waals surface area contributed by atoms with Crippen molar-refractivity contribution >= 4 is 29.1 Å². The van der Waals surface area contributed by atoms with Crippen LogP contribution in [0.4, 0.5) is 0 Å². The average Bonchev–Trinajstić information content (AvgIpc) is 3.03. The number of hydrogen-bond donors (Lipinski definition) is 0. The van der Waals surface area contributed by atoms with Crippen LogP contribution >= 0.6 is 11.8 Å². The van der Waals surface area contributed by atoms with E-state index >= 15 is 0 Å². The molecule has 0 N–H and O–H groups in total. The predicted molar refractivity (Wildman–Crippen MR) is 118 cm³/mol. The second-order valence-corrected chi connectivity index (χ2v) is 7.72.